The second kappa shape index (κ2) is 7.30. The lowest BCUT2D eigenvalue weighted by Gasteiger charge is -2.19. The quantitative estimate of drug-likeness (QED) is 0.790. The summed E-state index contributed by atoms with van der Waals surface area (Å²) in [4.78, 5) is 0. The molecule has 0 aliphatic rings. The van der Waals surface area contributed by atoms with Crippen molar-refractivity contribution < 1.29 is 9.47 Å². The van der Waals surface area contributed by atoms with Crippen LogP contribution in [0.4, 0.5) is 0 Å². The maximum absolute atomic E-state index is 5.68. The molecule has 0 heterocycles. The lowest BCUT2D eigenvalue weighted by Crippen LogP contribution is -2.23. The predicted molar refractivity (Wildman–Crippen MR) is 70.5 cm³/mol. The molecule has 1 aromatic carbocycles. The Hall–Kier alpha value is -1.06. The van der Waals surface area contributed by atoms with E-state index in [2.05, 4.69) is 25.2 Å². The van der Waals surface area contributed by atoms with Crippen LogP contribution in [-0.2, 0) is 4.74 Å². The summed E-state index contributed by atoms with van der Waals surface area (Å²) in [7, 11) is 3.64. The molecule has 1 rings (SSSR count). The minimum Gasteiger partial charge on any atom is -0.496 e. The van der Waals surface area contributed by atoms with Gasteiger partial charge in [0.1, 0.15) is 5.75 Å². The van der Waals surface area contributed by atoms with E-state index in [1.165, 1.54) is 0 Å². The first-order valence-electron chi connectivity index (χ1n) is 6.07. The monoisotopic (exact) mass is 237 g/mol. The van der Waals surface area contributed by atoms with Gasteiger partial charge in [0.2, 0.25) is 0 Å². The summed E-state index contributed by atoms with van der Waals surface area (Å²) in [5, 5.41) is 3.26. The average Bonchev–Trinajstić information content (AvgIpc) is 2.34. The van der Waals surface area contributed by atoms with Gasteiger partial charge in [0.05, 0.1) is 19.8 Å². The largest absolute Gasteiger partial charge is 0.496 e. The molecule has 0 saturated heterocycles. The molecule has 1 aromatic rings. The van der Waals surface area contributed by atoms with Crippen molar-refractivity contribution in [3.8, 4) is 5.75 Å². The smallest absolute Gasteiger partial charge is 0.123 e. The molecular formula is C14H23NO2. The van der Waals surface area contributed by atoms with Crippen molar-refractivity contribution in [2.45, 2.75) is 19.9 Å². The molecule has 1 N–H and O–H groups in total. The van der Waals surface area contributed by atoms with Gasteiger partial charge in [-0.2, -0.15) is 0 Å². The van der Waals surface area contributed by atoms with Crippen molar-refractivity contribution >= 4 is 0 Å². The van der Waals surface area contributed by atoms with Crippen LogP contribution in [0, 0.1) is 5.92 Å². The summed E-state index contributed by atoms with van der Waals surface area (Å²) in [6.07, 6.45) is 0. The van der Waals surface area contributed by atoms with Crippen molar-refractivity contribution in [3.63, 3.8) is 0 Å². The summed E-state index contributed by atoms with van der Waals surface area (Å²) >= 11 is 0. The minimum atomic E-state index is 0.171. The third-order valence-electron chi connectivity index (χ3n) is 2.60. The number of para-hydroxylation sites is 1. The second-order valence-corrected chi connectivity index (χ2v) is 4.51. The van der Waals surface area contributed by atoms with Crippen LogP contribution in [0.1, 0.15) is 25.5 Å². The SMILES string of the molecule is CNC(COCC(C)C)c1ccccc1OC. The highest BCUT2D eigenvalue weighted by molar-refractivity contribution is 5.35. The minimum absolute atomic E-state index is 0.171. The van der Waals surface area contributed by atoms with Crippen LogP contribution < -0.4 is 10.1 Å². The van der Waals surface area contributed by atoms with Gasteiger partial charge >= 0.3 is 0 Å². The van der Waals surface area contributed by atoms with Gasteiger partial charge in [-0.1, -0.05) is 32.0 Å². The van der Waals surface area contributed by atoms with Crippen LogP contribution >= 0.6 is 0 Å². The first kappa shape index (κ1) is 14.0. The van der Waals surface area contributed by atoms with E-state index in [1.54, 1.807) is 7.11 Å². The Labute approximate surface area is 104 Å². The highest BCUT2D eigenvalue weighted by atomic mass is 16.5. The van der Waals surface area contributed by atoms with Crippen molar-refractivity contribution in [1.82, 2.24) is 5.32 Å². The Bertz CT molecular complexity index is 326. The molecule has 0 saturated carbocycles. The van der Waals surface area contributed by atoms with Crippen molar-refractivity contribution in [2.24, 2.45) is 5.92 Å². The summed E-state index contributed by atoms with van der Waals surface area (Å²) < 4.78 is 11.0. The van der Waals surface area contributed by atoms with Gasteiger partial charge in [-0.25, -0.2) is 0 Å². The fourth-order valence-corrected chi connectivity index (χ4v) is 1.70. The number of benzene rings is 1. The van der Waals surface area contributed by atoms with Crippen LogP contribution in [0.3, 0.4) is 0 Å². The van der Waals surface area contributed by atoms with E-state index in [4.69, 9.17) is 9.47 Å². The Morgan fingerprint density at radius 3 is 2.47 bits per heavy atom. The zero-order valence-electron chi connectivity index (χ0n) is 11.2. The molecule has 96 valence electrons. The molecule has 17 heavy (non-hydrogen) atoms. The Morgan fingerprint density at radius 2 is 1.88 bits per heavy atom. The normalized spacial score (nSPS) is 12.8. The molecule has 0 aromatic heterocycles. The van der Waals surface area contributed by atoms with Gasteiger partial charge in [0.15, 0.2) is 0 Å². The molecule has 0 radical (unpaired) electrons. The first-order valence-corrected chi connectivity index (χ1v) is 6.07. The number of nitrogens with one attached hydrogen (secondary N) is 1. The Morgan fingerprint density at radius 1 is 1.18 bits per heavy atom. The van der Waals surface area contributed by atoms with E-state index in [9.17, 15) is 0 Å². The molecule has 1 atom stereocenters. The number of ether oxygens (including phenoxy) is 2. The first-order chi connectivity index (χ1) is 8.19. The van der Waals surface area contributed by atoms with Crippen LogP contribution in [0.5, 0.6) is 5.75 Å². The van der Waals surface area contributed by atoms with Crippen LogP contribution in [-0.4, -0.2) is 27.4 Å². The van der Waals surface area contributed by atoms with Crippen LogP contribution in [0.2, 0.25) is 0 Å². The van der Waals surface area contributed by atoms with Gasteiger partial charge in [0.25, 0.3) is 0 Å². The lowest BCUT2D eigenvalue weighted by atomic mass is 10.1. The van der Waals surface area contributed by atoms with Crippen molar-refractivity contribution in [3.05, 3.63) is 29.8 Å². The molecule has 3 nitrogen and oxygen atoms in total. The topological polar surface area (TPSA) is 30.5 Å². The molecule has 0 aliphatic heterocycles. The maximum atomic E-state index is 5.68. The molecule has 1 unspecified atom stereocenters. The Kier molecular flexibility index (Phi) is 6.01. The summed E-state index contributed by atoms with van der Waals surface area (Å²) in [6, 6.07) is 8.21. The number of hydrogen-bond donors (Lipinski definition) is 1. The van der Waals surface area contributed by atoms with Gasteiger partial charge in [-0.3, -0.25) is 0 Å². The molecule has 3 heteroatoms. The average molecular weight is 237 g/mol. The van der Waals surface area contributed by atoms with E-state index >= 15 is 0 Å². The molecule has 0 aliphatic carbocycles. The van der Waals surface area contributed by atoms with Crippen LogP contribution in [0.15, 0.2) is 24.3 Å². The third-order valence-corrected chi connectivity index (χ3v) is 2.60. The summed E-state index contributed by atoms with van der Waals surface area (Å²) in [6.45, 7) is 5.75. The maximum Gasteiger partial charge on any atom is 0.123 e. The van der Waals surface area contributed by atoms with Gasteiger partial charge in [-0.15, -0.1) is 0 Å². The Balaban J connectivity index is 2.65. The zero-order valence-corrected chi connectivity index (χ0v) is 11.2. The third kappa shape index (κ3) is 4.36. The fourth-order valence-electron chi connectivity index (χ4n) is 1.70. The molecule has 0 spiro atoms. The van der Waals surface area contributed by atoms with E-state index < -0.39 is 0 Å². The summed E-state index contributed by atoms with van der Waals surface area (Å²) in [5.74, 6) is 1.46. The van der Waals surface area contributed by atoms with Crippen LogP contribution in [0.25, 0.3) is 0 Å². The lowest BCUT2D eigenvalue weighted by molar-refractivity contribution is 0.0913. The van der Waals surface area contributed by atoms with E-state index in [1.807, 2.05) is 25.2 Å². The number of hydrogen-bond acceptors (Lipinski definition) is 3. The van der Waals surface area contributed by atoms with E-state index in [-0.39, 0.29) is 6.04 Å². The highest BCUT2D eigenvalue weighted by Crippen LogP contribution is 2.24. The zero-order chi connectivity index (χ0) is 12.7. The molecular weight excluding hydrogens is 214 g/mol. The fraction of sp³-hybridized carbons (Fsp3) is 0.571. The van der Waals surface area contributed by atoms with Crippen molar-refractivity contribution in [1.29, 1.82) is 0 Å². The number of likely N-dealkylation sites (N-methyl/N-ethyl adjacent to an activating group) is 1. The van der Waals surface area contributed by atoms with E-state index in [0.29, 0.717) is 12.5 Å². The molecule has 0 fully saturated rings. The standard InChI is InChI=1S/C14H23NO2/c1-11(2)9-17-10-13(15-3)12-7-5-6-8-14(12)16-4/h5-8,11,13,15H,9-10H2,1-4H3. The predicted octanol–water partition coefficient (Wildman–Crippen LogP) is 2.63. The van der Waals surface area contributed by atoms with E-state index in [0.717, 1.165) is 17.9 Å². The van der Waals surface area contributed by atoms with Gasteiger partial charge in [-0.05, 0) is 19.0 Å². The second-order valence-electron chi connectivity index (χ2n) is 4.51. The van der Waals surface area contributed by atoms with Gasteiger partial charge < -0.3 is 14.8 Å². The summed E-state index contributed by atoms with van der Waals surface area (Å²) in [5.41, 5.74) is 1.14. The van der Waals surface area contributed by atoms with Gasteiger partial charge in [0, 0.05) is 12.2 Å². The highest BCUT2D eigenvalue weighted by Gasteiger charge is 2.14. The number of methoxy groups -OCH3 is 1. The van der Waals surface area contributed by atoms with Crippen molar-refractivity contribution in [2.75, 3.05) is 27.4 Å². The molecule has 0 bridgehead atoms. The number of rotatable bonds is 7. The molecule has 0 amide bonds.